The summed E-state index contributed by atoms with van der Waals surface area (Å²) >= 11 is 0. The van der Waals surface area contributed by atoms with E-state index in [-0.39, 0.29) is 0 Å². The predicted octanol–water partition coefficient (Wildman–Crippen LogP) is 3.10. The summed E-state index contributed by atoms with van der Waals surface area (Å²) in [6.07, 6.45) is 2.08. The number of nitrogens with two attached hydrogens (primary N) is 1. The normalized spacial score (nSPS) is 11.6. The second-order valence-electron chi connectivity index (χ2n) is 4.35. The van der Waals surface area contributed by atoms with Gasteiger partial charge in [-0.1, -0.05) is 38.6 Å². The largest absolute Gasteiger partial charge is 0.480 e. The highest BCUT2D eigenvalue weighted by molar-refractivity contribution is 5.93. The molecule has 0 aliphatic rings. The lowest BCUT2D eigenvalue weighted by atomic mass is 9.99. The number of carbonyl (C=O) groups is 1. The van der Waals surface area contributed by atoms with Crippen LogP contribution in [0.4, 0.5) is 0 Å². The van der Waals surface area contributed by atoms with Crippen molar-refractivity contribution in [2.24, 2.45) is 5.73 Å². The molecule has 0 saturated heterocycles. The molecule has 1 aromatic heterocycles. The first-order valence-electron chi connectivity index (χ1n) is 6.75. The Morgan fingerprint density at radius 2 is 2.15 bits per heavy atom. The predicted molar refractivity (Wildman–Crippen MR) is 83.8 cm³/mol. The van der Waals surface area contributed by atoms with E-state index < -0.39 is 12.0 Å². The number of H-pyrrole nitrogens is 1. The molecule has 108 valence electrons. The molecule has 1 unspecified atom stereocenters. The SMILES string of the molecule is C=Cc1cccc2[nH]c(C)c(CC(N)C(=O)O)c12.CC. The Labute approximate surface area is 119 Å². The monoisotopic (exact) mass is 274 g/mol. The van der Waals surface area contributed by atoms with Crippen molar-refractivity contribution in [2.45, 2.75) is 33.2 Å². The molecule has 0 fully saturated rings. The maximum Gasteiger partial charge on any atom is 0.320 e. The molecule has 0 radical (unpaired) electrons. The van der Waals surface area contributed by atoms with Gasteiger partial charge in [0.2, 0.25) is 0 Å². The fraction of sp³-hybridized carbons (Fsp3) is 0.312. The first-order valence-corrected chi connectivity index (χ1v) is 6.75. The number of hydrogen-bond acceptors (Lipinski definition) is 2. The van der Waals surface area contributed by atoms with E-state index in [2.05, 4.69) is 11.6 Å². The number of rotatable bonds is 4. The van der Waals surface area contributed by atoms with E-state index in [4.69, 9.17) is 10.8 Å². The van der Waals surface area contributed by atoms with E-state index >= 15 is 0 Å². The quantitative estimate of drug-likeness (QED) is 0.801. The number of aromatic amines is 1. The summed E-state index contributed by atoms with van der Waals surface area (Å²) in [6.45, 7) is 9.71. The fourth-order valence-electron chi connectivity index (χ4n) is 2.21. The number of carboxylic acids is 1. The molecule has 4 heteroatoms. The maximum atomic E-state index is 10.9. The molecule has 4 nitrogen and oxygen atoms in total. The van der Waals surface area contributed by atoms with Gasteiger partial charge in [0.15, 0.2) is 0 Å². The Morgan fingerprint density at radius 3 is 2.70 bits per heavy atom. The molecular formula is C16H22N2O2. The summed E-state index contributed by atoms with van der Waals surface area (Å²) in [7, 11) is 0. The third-order valence-corrected chi connectivity index (χ3v) is 3.13. The Kier molecular flexibility index (Phi) is 5.53. The van der Waals surface area contributed by atoms with Gasteiger partial charge in [-0.15, -0.1) is 0 Å². The Morgan fingerprint density at radius 1 is 1.50 bits per heavy atom. The second-order valence-corrected chi connectivity index (χ2v) is 4.35. The summed E-state index contributed by atoms with van der Waals surface area (Å²) < 4.78 is 0. The van der Waals surface area contributed by atoms with Gasteiger partial charge in [-0.05, 0) is 24.1 Å². The zero-order chi connectivity index (χ0) is 15.3. The summed E-state index contributed by atoms with van der Waals surface area (Å²) in [6, 6.07) is 4.97. The zero-order valence-electron chi connectivity index (χ0n) is 12.2. The summed E-state index contributed by atoms with van der Waals surface area (Å²) in [5.74, 6) is -0.986. The van der Waals surface area contributed by atoms with Crippen LogP contribution >= 0.6 is 0 Å². The van der Waals surface area contributed by atoms with Crippen molar-refractivity contribution >= 4 is 22.9 Å². The van der Waals surface area contributed by atoms with Gasteiger partial charge in [0.05, 0.1) is 0 Å². The van der Waals surface area contributed by atoms with Crippen LogP contribution in [0.15, 0.2) is 24.8 Å². The molecule has 2 rings (SSSR count). The first kappa shape index (κ1) is 16.0. The number of aromatic nitrogens is 1. The van der Waals surface area contributed by atoms with Crippen LogP contribution in [-0.4, -0.2) is 22.1 Å². The van der Waals surface area contributed by atoms with E-state index in [1.54, 1.807) is 6.08 Å². The van der Waals surface area contributed by atoms with Crippen LogP contribution in [0.3, 0.4) is 0 Å². The van der Waals surface area contributed by atoms with Crippen molar-refractivity contribution in [1.29, 1.82) is 0 Å². The highest BCUT2D eigenvalue weighted by Crippen LogP contribution is 2.27. The van der Waals surface area contributed by atoms with Crippen LogP contribution in [0.2, 0.25) is 0 Å². The number of carboxylic acid groups (broad SMARTS) is 1. The van der Waals surface area contributed by atoms with Crippen molar-refractivity contribution in [3.05, 3.63) is 41.6 Å². The van der Waals surface area contributed by atoms with Gasteiger partial charge in [0.1, 0.15) is 6.04 Å². The minimum atomic E-state index is -0.986. The molecule has 0 spiro atoms. The molecule has 2 aromatic rings. The Balaban J connectivity index is 0.000000956. The number of aryl methyl sites for hydroxylation is 1. The van der Waals surface area contributed by atoms with Gasteiger partial charge in [-0.25, -0.2) is 0 Å². The molecule has 0 amide bonds. The third kappa shape index (κ3) is 3.08. The van der Waals surface area contributed by atoms with Crippen LogP contribution in [0.1, 0.15) is 30.7 Å². The van der Waals surface area contributed by atoms with Crippen molar-refractivity contribution in [2.75, 3.05) is 0 Å². The molecule has 0 bridgehead atoms. The first-order chi connectivity index (χ1) is 9.54. The molecule has 1 atom stereocenters. The number of nitrogens with one attached hydrogen (secondary N) is 1. The van der Waals surface area contributed by atoms with Crippen LogP contribution in [0.5, 0.6) is 0 Å². The van der Waals surface area contributed by atoms with E-state index in [9.17, 15) is 4.79 Å². The molecule has 4 N–H and O–H groups in total. The lowest BCUT2D eigenvalue weighted by Crippen LogP contribution is -2.32. The summed E-state index contributed by atoms with van der Waals surface area (Å²) in [5, 5.41) is 9.93. The van der Waals surface area contributed by atoms with Crippen molar-refractivity contribution < 1.29 is 9.90 Å². The molecule has 0 saturated carbocycles. The Hall–Kier alpha value is -2.07. The van der Waals surface area contributed by atoms with Crippen LogP contribution in [0.25, 0.3) is 17.0 Å². The van der Waals surface area contributed by atoms with Gasteiger partial charge in [0.25, 0.3) is 0 Å². The third-order valence-electron chi connectivity index (χ3n) is 3.13. The standard InChI is InChI=1S/C14H16N2O2.C2H6/c1-3-9-5-4-6-12-13(9)10(8(2)16-12)7-11(15)14(17)18;1-2/h3-6,11,16H,1,7,15H2,2H3,(H,17,18);1-2H3. The smallest absolute Gasteiger partial charge is 0.320 e. The summed E-state index contributed by atoms with van der Waals surface area (Å²) in [5.41, 5.74) is 9.50. The summed E-state index contributed by atoms with van der Waals surface area (Å²) in [4.78, 5) is 14.1. The number of benzene rings is 1. The van der Waals surface area contributed by atoms with Crippen molar-refractivity contribution in [3.8, 4) is 0 Å². The van der Waals surface area contributed by atoms with Gasteiger partial charge < -0.3 is 15.8 Å². The van der Waals surface area contributed by atoms with Crippen molar-refractivity contribution in [1.82, 2.24) is 4.98 Å². The molecule has 0 aliphatic heterocycles. The zero-order valence-corrected chi connectivity index (χ0v) is 12.2. The average Bonchev–Trinajstić information content (AvgIpc) is 2.77. The van der Waals surface area contributed by atoms with E-state index in [1.807, 2.05) is 39.0 Å². The van der Waals surface area contributed by atoms with E-state index in [0.29, 0.717) is 6.42 Å². The van der Waals surface area contributed by atoms with Crippen LogP contribution < -0.4 is 5.73 Å². The highest BCUT2D eigenvalue weighted by Gasteiger charge is 2.18. The fourth-order valence-corrected chi connectivity index (χ4v) is 2.21. The second kappa shape index (κ2) is 6.91. The van der Waals surface area contributed by atoms with Gasteiger partial charge >= 0.3 is 5.97 Å². The minimum absolute atomic E-state index is 0.312. The van der Waals surface area contributed by atoms with E-state index in [0.717, 1.165) is 27.7 Å². The lowest BCUT2D eigenvalue weighted by Gasteiger charge is -2.07. The topological polar surface area (TPSA) is 79.1 Å². The highest BCUT2D eigenvalue weighted by atomic mass is 16.4. The van der Waals surface area contributed by atoms with Gasteiger partial charge in [-0.2, -0.15) is 0 Å². The number of aliphatic carboxylic acids is 1. The Bertz CT molecular complexity index is 614. The maximum absolute atomic E-state index is 10.9. The molecular weight excluding hydrogens is 252 g/mol. The molecule has 1 heterocycles. The van der Waals surface area contributed by atoms with Crippen LogP contribution in [0, 0.1) is 6.92 Å². The van der Waals surface area contributed by atoms with Crippen LogP contribution in [-0.2, 0) is 11.2 Å². The lowest BCUT2D eigenvalue weighted by molar-refractivity contribution is -0.138. The molecule has 1 aromatic carbocycles. The number of hydrogen-bond donors (Lipinski definition) is 3. The van der Waals surface area contributed by atoms with Gasteiger partial charge in [0, 0.05) is 23.0 Å². The van der Waals surface area contributed by atoms with Crippen molar-refractivity contribution in [3.63, 3.8) is 0 Å². The molecule has 20 heavy (non-hydrogen) atoms. The van der Waals surface area contributed by atoms with E-state index in [1.165, 1.54) is 0 Å². The average molecular weight is 274 g/mol. The minimum Gasteiger partial charge on any atom is -0.480 e. The van der Waals surface area contributed by atoms with Gasteiger partial charge in [-0.3, -0.25) is 4.79 Å². The molecule has 0 aliphatic carbocycles. The number of fused-ring (bicyclic) bond motifs is 1.